The Morgan fingerprint density at radius 3 is 1.16 bits per heavy atom. The third-order valence-electron chi connectivity index (χ3n) is 18.6. The highest BCUT2D eigenvalue weighted by Crippen LogP contribution is 2.61. The second-order valence-corrected chi connectivity index (χ2v) is 36.2. The number of aliphatic hydroxyl groups excluding tert-OH is 8. The molecule has 12 heterocycles. The highest BCUT2D eigenvalue weighted by molar-refractivity contribution is 7.71. The quantitative estimate of drug-likeness (QED) is 0.0188. The number of amides is 1. The molecule has 1 amide bonds. The number of fused-ring (bicyclic) bond motifs is 4. The number of nitrogens with zero attached hydrogens (tertiary/aromatic N) is 4. The fourth-order valence-corrected chi connectivity index (χ4v) is 18.2. The molecule has 4 fully saturated rings. The van der Waals surface area contributed by atoms with E-state index in [-0.39, 0.29) is 74.6 Å². The SMILES string of the molecule is C#Cc1cn([C@@H]2O[C@](F)(COP3(=O)OCc4cc(Cl)ccc4O3)[C@@H](O)[C@H]2O)c(=S)[nH]c1=O.[2H]C([2H])(OP1(=O)OCc2cc(Cl)ccc2O1)[C@@]1(F)O[C@@H](n2cc(C#C)c(=O)[nH]c2=S)[C@H](O)[C@@H]1O.[2H]C([2H])(OP1(=O)OCc2cc(Cl)ccc2O1)[C@@]1(F)O[C@@]([2H])(N2C=C(C#C)C(=O)NC2=C)[C@H](O)[C@@H]1O.[2H][C@@]1(n2cc(C#C)c(=O)[nH]c2=S)O[C@](F)(COP2(=O)OCc3cc(Cl)ccc3O2)[C@@H](O)[C@H]1O. The minimum absolute atomic E-state index is 0.00477. The first-order chi connectivity index (χ1) is 62.4. The van der Waals surface area contributed by atoms with Crippen molar-refractivity contribution >= 4 is 120 Å². The third kappa shape index (κ3) is 20.4. The number of halogens is 8. The number of carbonyl (C=O) groups is 1. The van der Waals surface area contributed by atoms with Gasteiger partial charge >= 0.3 is 31.3 Å². The maximum atomic E-state index is 15.9. The predicted molar refractivity (Wildman–Crippen MR) is 438 cm³/mol. The largest absolute Gasteiger partial charge is 0.530 e. The molecule has 55 heteroatoms. The summed E-state index contributed by atoms with van der Waals surface area (Å²) in [6, 6.07) is 17.2. The summed E-state index contributed by atoms with van der Waals surface area (Å²) in [4.78, 5) is 54.4. The van der Waals surface area contributed by atoms with Crippen molar-refractivity contribution in [2.24, 2.45) is 0 Å². The van der Waals surface area contributed by atoms with Gasteiger partial charge in [-0.05, 0) is 109 Å². The number of carbonyl (C=O) groups excluding carboxylic acids is 1. The number of hydrogen-bond acceptors (Lipinski definition) is 36. The Bertz CT molecular complexity index is 6800. The molecule has 0 aliphatic carbocycles. The molecule has 40 nitrogen and oxygen atoms in total. The van der Waals surface area contributed by atoms with Crippen LogP contribution in [0, 0.1) is 63.7 Å². The van der Waals surface area contributed by atoms with Crippen LogP contribution in [-0.4, -0.2) is 185 Å². The Labute approximate surface area is 760 Å². The van der Waals surface area contributed by atoms with Crippen LogP contribution in [0.15, 0.2) is 130 Å². The number of benzene rings is 4. The van der Waals surface area contributed by atoms with Crippen molar-refractivity contribution in [2.75, 3.05) is 26.3 Å². The molecule has 9 aliphatic heterocycles. The van der Waals surface area contributed by atoms with Gasteiger partial charge in [-0.1, -0.05) is 76.7 Å². The molecule has 0 spiro atoms. The fourth-order valence-electron chi connectivity index (χ4n) is 12.0. The van der Waals surface area contributed by atoms with Gasteiger partial charge in [0, 0.05) is 67.1 Å². The first-order valence-electron chi connectivity index (χ1n) is 38.4. The van der Waals surface area contributed by atoms with Gasteiger partial charge in [-0.15, -0.1) is 25.7 Å². The van der Waals surface area contributed by atoms with Crippen LogP contribution in [0.4, 0.5) is 17.6 Å². The monoisotopic (exact) mass is 2000 g/mol. The van der Waals surface area contributed by atoms with Crippen molar-refractivity contribution in [1.29, 1.82) is 0 Å². The maximum Gasteiger partial charge on any atom is 0.530 e. The van der Waals surface area contributed by atoms with E-state index in [1.165, 1.54) is 66.7 Å². The molecule has 4 unspecified atom stereocenters. The van der Waals surface area contributed by atoms with Gasteiger partial charge in [0.05, 0.1) is 34.7 Å². The number of nitrogens with one attached hydrogen (secondary N) is 4. The number of H-pyrrole nitrogens is 3. The normalized spacial score (nSPS) is 34.3. The van der Waals surface area contributed by atoms with Gasteiger partial charge in [0.15, 0.2) is 39.2 Å². The number of aromatic nitrogens is 6. The number of ether oxygens (including phenoxy) is 4. The van der Waals surface area contributed by atoms with Crippen LogP contribution in [0.5, 0.6) is 23.0 Å². The number of hydrogen-bond donors (Lipinski definition) is 12. The summed E-state index contributed by atoms with van der Waals surface area (Å²) in [5.41, 5.74) is -1.53. The molecule has 12 N–H and O–H groups in total. The van der Waals surface area contributed by atoms with Crippen LogP contribution in [0.25, 0.3) is 0 Å². The molecular formula is C73H62Cl4F4N8O32P4S3. The van der Waals surface area contributed by atoms with Crippen LogP contribution in [0.3, 0.4) is 0 Å². The third-order valence-corrected chi connectivity index (χ3v) is 25.4. The van der Waals surface area contributed by atoms with E-state index >= 15 is 17.6 Å². The van der Waals surface area contributed by atoms with Gasteiger partial charge in [0.2, 0.25) is 0 Å². The van der Waals surface area contributed by atoms with Gasteiger partial charge in [-0.2, -0.15) is 0 Å². The Morgan fingerprint density at radius 2 is 0.781 bits per heavy atom. The van der Waals surface area contributed by atoms with Gasteiger partial charge in [-0.25, -0.2) is 35.8 Å². The first kappa shape index (κ1) is 88.6. The smallest absolute Gasteiger partial charge is 0.404 e. The molecule has 20 atom stereocenters. The molecule has 680 valence electrons. The zero-order valence-corrected chi connectivity index (χ0v) is 72.5. The maximum absolute atomic E-state index is 15.9. The van der Waals surface area contributed by atoms with Crippen LogP contribution < -0.4 is 40.1 Å². The Kier molecular flexibility index (Phi) is 26.3. The lowest BCUT2D eigenvalue weighted by Crippen LogP contribution is -2.47. The molecule has 128 heavy (non-hydrogen) atoms. The summed E-state index contributed by atoms with van der Waals surface area (Å²) in [7, 11) is -18.3. The van der Waals surface area contributed by atoms with Crippen molar-refractivity contribution in [3.63, 3.8) is 0 Å². The number of phosphoric ester groups is 4. The van der Waals surface area contributed by atoms with Crippen LogP contribution >= 0.6 is 114 Å². The Morgan fingerprint density at radius 1 is 0.477 bits per heavy atom. The fraction of sp³-hybridized carbons (Fsp3) is 0.329. The van der Waals surface area contributed by atoms with E-state index in [9.17, 15) is 78.3 Å². The Balaban J connectivity index is 0.000000152. The van der Waals surface area contributed by atoms with Gasteiger partial charge in [0.25, 0.3) is 46.0 Å². The standard InChI is InChI=1S/C19H17ClFN2O8P.3C18H15ClFN2O8PS/c1-3-11-7-23(10(2)22-17(11)26)18-15(24)16(25)19(21,30-18)9-29-32(27)28-8-12-6-13(20)4-5-14(12)31-32;3*1-2-9-6-22(17(32)21-15(9)25)16-13(23)14(24)18(20,29-16)8-28-31(26)27-7-10-5-11(19)3-4-12(10)30-31/h1,4-7,15-16,18,24-25H,2,8-9H2,(H,22,26);3*1,3-6,13-14,16,23-24H,7-8H2,(H,21,25,32)/t15-,16+,18-,19-,32?;3*13-,14+,16-,18-,31?/m1111/s1/i9D2,18D;16D;8D2;. The molecule has 0 bridgehead atoms. The molecule has 7 aromatic rings. The van der Waals surface area contributed by atoms with E-state index in [4.69, 9.17) is 190 Å². The number of alkyl halides is 4. The van der Waals surface area contributed by atoms with Crippen molar-refractivity contribution in [2.45, 2.75) is 124 Å². The molecule has 4 saturated heterocycles. The van der Waals surface area contributed by atoms with Crippen molar-refractivity contribution in [3.8, 4) is 72.4 Å². The second kappa shape index (κ2) is 37.9. The van der Waals surface area contributed by atoms with E-state index < -0.39 is 195 Å². The van der Waals surface area contributed by atoms with Crippen molar-refractivity contribution in [1.82, 2.24) is 38.9 Å². The van der Waals surface area contributed by atoms with E-state index in [0.29, 0.717) is 51.8 Å². The van der Waals surface area contributed by atoms with Gasteiger partial charge in [0.1, 0.15) is 126 Å². The van der Waals surface area contributed by atoms with Crippen LogP contribution in [0.1, 0.15) is 65.8 Å². The predicted octanol–water partition coefficient (Wildman–Crippen LogP) is 8.11. The zero-order chi connectivity index (χ0) is 98.5. The minimum atomic E-state index is -4.85. The van der Waals surface area contributed by atoms with E-state index in [1.54, 1.807) is 6.07 Å². The molecule has 0 radical (unpaired) electrons. The summed E-state index contributed by atoms with van der Waals surface area (Å²) < 4.78 is 245. The lowest BCUT2D eigenvalue weighted by Gasteiger charge is -2.33. The first-order valence-corrected chi connectivity index (χ1v) is 44.0. The molecule has 4 aromatic carbocycles. The highest BCUT2D eigenvalue weighted by atomic mass is 35.5. The number of rotatable bonds is 16. The number of aliphatic hydroxyl groups is 8. The molecule has 0 saturated carbocycles. The molecule has 9 aliphatic rings. The van der Waals surface area contributed by atoms with Crippen LogP contribution in [0.2, 0.25) is 20.1 Å². The lowest BCUT2D eigenvalue weighted by atomic mass is 10.1. The molecule has 16 rings (SSSR count). The van der Waals surface area contributed by atoms with E-state index in [2.05, 4.69) is 38.7 Å². The average molecular weight is 2010 g/mol. The number of aromatic amines is 3. The van der Waals surface area contributed by atoms with E-state index in [1.807, 2.05) is 11.8 Å². The van der Waals surface area contributed by atoms with E-state index in [0.717, 1.165) is 33.9 Å². The lowest BCUT2D eigenvalue weighted by molar-refractivity contribution is -0.208. The van der Waals surface area contributed by atoms with Gasteiger partial charge in [-0.3, -0.25) is 84.0 Å². The number of terminal acetylenes is 4. The second-order valence-electron chi connectivity index (χ2n) is 27.1. The Hall–Kier alpha value is -8.63. The summed E-state index contributed by atoms with van der Waals surface area (Å²) in [5, 5.41) is 86.5. The van der Waals surface area contributed by atoms with Crippen molar-refractivity contribution in [3.05, 3.63) is 220 Å². The zero-order valence-electron chi connectivity index (χ0n) is 69.5. The summed E-state index contributed by atoms with van der Waals surface area (Å²) in [6.45, 7) is -7.61. The van der Waals surface area contributed by atoms with Gasteiger partial charge < -0.3 is 88.1 Å². The minimum Gasteiger partial charge on any atom is -0.404 e. The molecular weight excluding hydrogens is 1940 g/mol. The van der Waals surface area contributed by atoms with Crippen molar-refractivity contribution < 1.29 is 163 Å². The molecule has 3 aromatic heterocycles. The highest BCUT2D eigenvalue weighted by Gasteiger charge is 2.62. The topological polar surface area (TPSA) is 524 Å². The summed E-state index contributed by atoms with van der Waals surface area (Å²) in [5.74, 6) is -6.82. The van der Waals surface area contributed by atoms with Crippen LogP contribution in [-0.2, 0) is 105 Å². The summed E-state index contributed by atoms with van der Waals surface area (Å²) >= 11 is 38.4. The average Bonchev–Trinajstić information content (AvgIpc) is 1.56. The summed E-state index contributed by atoms with van der Waals surface area (Å²) in [6.07, 6.45) is -3.07. The number of phosphoric acid groups is 4.